The van der Waals surface area contributed by atoms with E-state index in [0.717, 1.165) is 26.2 Å². The van der Waals surface area contributed by atoms with Crippen LogP contribution < -0.4 is 0 Å². The largest absolute Gasteiger partial charge is 0.275 e. The summed E-state index contributed by atoms with van der Waals surface area (Å²) >= 11 is 0. The molecule has 2 saturated heterocycles. The highest BCUT2D eigenvalue weighted by atomic mass is 15.7. The molecule has 0 aromatic heterocycles. The van der Waals surface area contributed by atoms with Crippen LogP contribution in [0.25, 0.3) is 0 Å². The Morgan fingerprint density at radius 3 is 1.04 bits per heavy atom. The molecule has 4 heteroatoms. The second kappa shape index (κ2) is 5.84. The van der Waals surface area contributed by atoms with Crippen molar-refractivity contribution in [3.63, 3.8) is 0 Å². The zero-order valence-corrected chi connectivity index (χ0v) is 16.9. The van der Waals surface area contributed by atoms with E-state index in [4.69, 9.17) is 10.4 Å². The van der Waals surface area contributed by atoms with Crippen LogP contribution in [0, 0.1) is 21.7 Å². The third-order valence-corrected chi connectivity index (χ3v) is 9.01. The molecule has 0 radical (unpaired) electrons. The molecule has 4 nitrogen and oxygen atoms in total. The summed E-state index contributed by atoms with van der Waals surface area (Å²) in [6.07, 6.45) is 29.5. The fraction of sp³-hybridized carbons (Fsp3) is 0.667. The minimum Gasteiger partial charge on any atom is -0.275 e. The summed E-state index contributed by atoms with van der Waals surface area (Å²) in [5.74, 6) is 0. The third-order valence-electron chi connectivity index (χ3n) is 9.01. The van der Waals surface area contributed by atoms with E-state index in [1.54, 1.807) is 0 Å². The van der Waals surface area contributed by atoms with Gasteiger partial charge in [-0.1, -0.05) is 84.7 Å². The summed E-state index contributed by atoms with van der Waals surface area (Å²) in [7, 11) is 0. The molecule has 6 aliphatic rings. The van der Waals surface area contributed by atoms with E-state index in [1.165, 1.54) is 51.4 Å². The summed E-state index contributed by atoms with van der Waals surface area (Å²) in [5, 5.41) is 14.2. The molecule has 0 spiro atoms. The summed E-state index contributed by atoms with van der Waals surface area (Å²) in [4.78, 5) is 0. The lowest BCUT2D eigenvalue weighted by atomic mass is 9.56. The molecule has 2 aliphatic heterocycles. The number of nitrogens with zero attached hydrogens (tertiary/aromatic N) is 4. The number of hydrogen-bond donors (Lipinski definition) is 0. The Balaban J connectivity index is 1.23. The average Bonchev–Trinajstić information content (AvgIpc) is 3.25. The van der Waals surface area contributed by atoms with Gasteiger partial charge < -0.3 is 0 Å². The quantitative estimate of drug-likeness (QED) is 0.617. The number of hydrogen-bond acceptors (Lipinski definition) is 2. The Morgan fingerprint density at radius 1 is 0.464 bits per heavy atom. The van der Waals surface area contributed by atoms with Gasteiger partial charge in [-0.05, 0) is 25.7 Å². The maximum absolute atomic E-state index is 4.82. The molecule has 2 heterocycles. The van der Waals surface area contributed by atoms with Crippen molar-refractivity contribution in [3.05, 3.63) is 48.6 Å². The van der Waals surface area contributed by atoms with E-state index in [0.29, 0.717) is 0 Å². The lowest BCUT2D eigenvalue weighted by Crippen LogP contribution is -2.42. The highest BCUT2D eigenvalue weighted by Crippen LogP contribution is 2.60. The fourth-order valence-corrected chi connectivity index (χ4v) is 7.52. The van der Waals surface area contributed by atoms with Crippen LogP contribution in [0.4, 0.5) is 0 Å². The molecule has 0 bridgehead atoms. The van der Waals surface area contributed by atoms with Crippen LogP contribution in [0.1, 0.15) is 51.4 Å². The first kappa shape index (κ1) is 17.1. The van der Waals surface area contributed by atoms with E-state index in [9.17, 15) is 0 Å². The topological polar surface area (TPSA) is 31.2 Å². The third kappa shape index (κ3) is 2.18. The van der Waals surface area contributed by atoms with Crippen molar-refractivity contribution in [2.75, 3.05) is 26.2 Å². The van der Waals surface area contributed by atoms with E-state index >= 15 is 0 Å². The van der Waals surface area contributed by atoms with Gasteiger partial charge in [-0.25, -0.2) is 0 Å². The van der Waals surface area contributed by atoms with Gasteiger partial charge in [0, 0.05) is 47.8 Å². The van der Waals surface area contributed by atoms with Crippen LogP contribution >= 0.6 is 0 Å². The highest BCUT2D eigenvalue weighted by Gasteiger charge is 2.58. The predicted octanol–water partition coefficient (Wildman–Crippen LogP) is 5.25. The molecule has 0 aromatic carbocycles. The van der Waals surface area contributed by atoms with Crippen molar-refractivity contribution < 1.29 is 0 Å². The van der Waals surface area contributed by atoms with Gasteiger partial charge in [-0.2, -0.15) is 0 Å². The van der Waals surface area contributed by atoms with Gasteiger partial charge in [-0.15, -0.1) is 0 Å². The van der Waals surface area contributed by atoms with E-state index in [-0.39, 0.29) is 21.7 Å². The second-order valence-electron chi connectivity index (χ2n) is 10.3. The molecule has 4 aliphatic carbocycles. The maximum atomic E-state index is 4.82. The Labute approximate surface area is 168 Å². The molecular formula is C24H32N4. The van der Waals surface area contributed by atoms with Crippen LogP contribution in [0.3, 0.4) is 0 Å². The summed E-state index contributed by atoms with van der Waals surface area (Å²) in [6, 6.07) is 0. The van der Waals surface area contributed by atoms with Crippen LogP contribution in [0.2, 0.25) is 0 Å². The van der Waals surface area contributed by atoms with Crippen molar-refractivity contribution in [3.8, 4) is 0 Å². The van der Waals surface area contributed by atoms with Crippen molar-refractivity contribution in [1.29, 1.82) is 0 Å². The lowest BCUT2D eigenvalue weighted by molar-refractivity contribution is 0.131. The Kier molecular flexibility index (Phi) is 3.56. The fourth-order valence-electron chi connectivity index (χ4n) is 7.52. The zero-order chi connectivity index (χ0) is 18.7. The molecule has 2 saturated carbocycles. The maximum Gasteiger partial charge on any atom is 0.0478 e. The van der Waals surface area contributed by atoms with Crippen LogP contribution in [0.5, 0.6) is 0 Å². The molecule has 0 N–H and O–H groups in total. The van der Waals surface area contributed by atoms with Gasteiger partial charge in [0.1, 0.15) is 0 Å². The van der Waals surface area contributed by atoms with Crippen molar-refractivity contribution in [1.82, 2.24) is 10.0 Å². The lowest BCUT2D eigenvalue weighted by Gasteiger charge is -2.46. The van der Waals surface area contributed by atoms with E-state index in [1.807, 2.05) is 0 Å². The first-order valence-corrected chi connectivity index (χ1v) is 11.3. The van der Waals surface area contributed by atoms with Crippen molar-refractivity contribution in [2.24, 2.45) is 32.1 Å². The molecule has 4 atom stereocenters. The molecule has 0 amide bonds. The van der Waals surface area contributed by atoms with Gasteiger partial charge in [0.25, 0.3) is 0 Å². The van der Waals surface area contributed by atoms with Gasteiger partial charge in [0.2, 0.25) is 0 Å². The Morgan fingerprint density at radius 2 is 0.750 bits per heavy atom. The van der Waals surface area contributed by atoms with Crippen molar-refractivity contribution in [2.45, 2.75) is 51.4 Å². The minimum atomic E-state index is 0.287. The first-order chi connectivity index (χ1) is 13.7. The van der Waals surface area contributed by atoms with Crippen LogP contribution in [-0.4, -0.2) is 36.2 Å². The predicted molar refractivity (Wildman–Crippen MR) is 111 cm³/mol. The average molecular weight is 377 g/mol. The summed E-state index contributed by atoms with van der Waals surface area (Å²) < 4.78 is 0. The van der Waals surface area contributed by atoms with Crippen molar-refractivity contribution >= 4 is 0 Å². The van der Waals surface area contributed by atoms with Gasteiger partial charge in [0.05, 0.1) is 0 Å². The first-order valence-electron chi connectivity index (χ1n) is 11.3. The smallest absolute Gasteiger partial charge is 0.0478 e. The SMILES string of the molecule is C1=C[C@@]23CCCC[C@]2(C=C1)CN(N=NN1C[C@]24C=CC=C[C@@]2(CCCC4)C1)C3. The standard InChI is InChI=1S/C24H32N4/c1-2-10-22-12-4-3-11-21(22,9-1)17-27(18-22)25-26-28-19-23-13-5-6-14-24(23,20-28)16-8-7-15-23/h1-2,5-6,9-10,13-14H,3-4,7-8,11-12,15-20H2/t21-,22-,23-,24+/m1/s1. The van der Waals surface area contributed by atoms with Gasteiger partial charge >= 0.3 is 0 Å². The molecule has 0 aromatic rings. The molecule has 4 fully saturated rings. The Bertz CT molecular complexity index is 683. The molecular weight excluding hydrogens is 344 g/mol. The highest BCUT2D eigenvalue weighted by molar-refractivity contribution is 5.31. The molecule has 28 heavy (non-hydrogen) atoms. The van der Waals surface area contributed by atoms with Crippen LogP contribution in [-0.2, 0) is 0 Å². The summed E-state index contributed by atoms with van der Waals surface area (Å²) in [5.41, 5.74) is 1.15. The monoisotopic (exact) mass is 376 g/mol. The Hall–Kier alpha value is -1.84. The second-order valence-corrected chi connectivity index (χ2v) is 10.3. The number of rotatable bonds is 2. The van der Waals surface area contributed by atoms with Crippen LogP contribution in [0.15, 0.2) is 59.1 Å². The molecule has 0 unspecified atom stereocenters. The normalized spacial score (nSPS) is 46.0. The molecule has 6 rings (SSSR count). The minimum absolute atomic E-state index is 0.287. The molecule has 148 valence electrons. The summed E-state index contributed by atoms with van der Waals surface area (Å²) in [6.45, 7) is 4.12. The van der Waals surface area contributed by atoms with E-state index < -0.39 is 0 Å². The van der Waals surface area contributed by atoms with Gasteiger partial charge in [-0.3, -0.25) is 10.0 Å². The zero-order valence-electron chi connectivity index (χ0n) is 16.9. The van der Waals surface area contributed by atoms with E-state index in [2.05, 4.69) is 58.6 Å². The van der Waals surface area contributed by atoms with Gasteiger partial charge in [0.15, 0.2) is 0 Å². The number of allylic oxidation sites excluding steroid dienone is 4.